The van der Waals surface area contributed by atoms with Gasteiger partial charge in [-0.05, 0) is 19.9 Å². The minimum atomic E-state index is -1.17. The first kappa shape index (κ1) is 19.1. The van der Waals surface area contributed by atoms with Gasteiger partial charge < -0.3 is 18.9 Å². The highest BCUT2D eigenvalue weighted by molar-refractivity contribution is 7.10. The molecule has 0 spiro atoms. The molecule has 0 aliphatic rings. The van der Waals surface area contributed by atoms with Gasteiger partial charge in [0.05, 0.1) is 20.8 Å². The number of thiophene rings is 1. The zero-order valence-electron chi connectivity index (χ0n) is 13.5. The van der Waals surface area contributed by atoms with Gasteiger partial charge >= 0.3 is 11.9 Å². The summed E-state index contributed by atoms with van der Waals surface area (Å²) in [6.45, 7) is 2.78. The smallest absolute Gasteiger partial charge is 0.332 e. The van der Waals surface area contributed by atoms with Crippen LogP contribution in [0.4, 0.5) is 0 Å². The largest absolute Gasteiger partial charge is 0.496 e. The number of esters is 2. The van der Waals surface area contributed by atoms with Gasteiger partial charge in [0.15, 0.2) is 0 Å². The van der Waals surface area contributed by atoms with Crippen molar-refractivity contribution in [2.75, 3.05) is 27.4 Å². The maximum Gasteiger partial charge on any atom is 0.332 e. The van der Waals surface area contributed by atoms with E-state index in [4.69, 9.17) is 14.2 Å². The molecule has 0 saturated carbocycles. The molecule has 1 aromatic heterocycles. The fourth-order valence-electron chi connectivity index (χ4n) is 1.92. The summed E-state index contributed by atoms with van der Waals surface area (Å²) in [4.78, 5) is 35.9. The molecule has 0 aliphatic heterocycles. The summed E-state index contributed by atoms with van der Waals surface area (Å²) in [6.07, 6.45) is -0.946. The van der Waals surface area contributed by atoms with E-state index in [-0.39, 0.29) is 13.2 Å². The monoisotopic (exact) mass is 344 g/mol. The predicted octanol–water partition coefficient (Wildman–Crippen LogP) is 1.76. The van der Waals surface area contributed by atoms with Gasteiger partial charge in [-0.3, -0.25) is 9.59 Å². The third kappa shape index (κ3) is 5.33. The van der Waals surface area contributed by atoms with Crippen LogP contribution in [0.5, 0.6) is 5.75 Å². The van der Waals surface area contributed by atoms with Crippen LogP contribution in [0.15, 0.2) is 11.4 Å². The van der Waals surface area contributed by atoms with Crippen molar-refractivity contribution in [3.05, 3.63) is 16.3 Å². The quantitative estimate of drug-likeness (QED) is 0.498. The molecule has 1 heterocycles. The van der Waals surface area contributed by atoms with E-state index in [0.29, 0.717) is 10.6 Å². The molecule has 0 amide bonds. The summed E-state index contributed by atoms with van der Waals surface area (Å²) in [5, 5.41) is 1.71. The van der Waals surface area contributed by atoms with Crippen molar-refractivity contribution in [3.63, 3.8) is 0 Å². The van der Waals surface area contributed by atoms with Gasteiger partial charge in [-0.1, -0.05) is 0 Å². The van der Waals surface area contributed by atoms with Gasteiger partial charge in [0.1, 0.15) is 30.2 Å². The summed E-state index contributed by atoms with van der Waals surface area (Å²) in [6, 6.07) is 1.65. The number of rotatable bonds is 9. The third-order valence-electron chi connectivity index (χ3n) is 2.99. The number of methoxy groups -OCH3 is 2. The molecule has 128 valence electrons. The van der Waals surface area contributed by atoms with E-state index in [0.717, 1.165) is 0 Å². The average Bonchev–Trinajstić information content (AvgIpc) is 2.99. The maximum absolute atomic E-state index is 11.9. The molecule has 0 bridgehead atoms. The highest BCUT2D eigenvalue weighted by Crippen LogP contribution is 2.35. The van der Waals surface area contributed by atoms with Crippen LogP contribution in [0.1, 0.15) is 24.8 Å². The van der Waals surface area contributed by atoms with E-state index in [1.165, 1.54) is 32.5 Å². The first-order valence-electron chi connectivity index (χ1n) is 6.92. The Hall–Kier alpha value is -1.93. The van der Waals surface area contributed by atoms with Gasteiger partial charge in [0.25, 0.3) is 0 Å². The van der Waals surface area contributed by atoms with E-state index in [9.17, 15) is 14.4 Å². The zero-order chi connectivity index (χ0) is 17.4. The van der Waals surface area contributed by atoms with Crippen molar-refractivity contribution in [1.82, 2.24) is 0 Å². The normalized spacial score (nSPS) is 13.0. The van der Waals surface area contributed by atoms with Crippen LogP contribution in [-0.4, -0.2) is 45.2 Å². The van der Waals surface area contributed by atoms with E-state index in [1.807, 2.05) is 0 Å². The fraction of sp³-hybridized carbons (Fsp3) is 0.533. The molecule has 0 saturated heterocycles. The minimum absolute atomic E-state index is 0.215. The Morgan fingerprint density at radius 3 is 2.43 bits per heavy atom. The standard InChI is InChI=1S/C15H20O7S/c1-5-21-12(17)7-22-14(11-6-10(19-3)8-23-11)13(9(2)16)15(18)20-4/h6,8,13-14H,5,7H2,1-4H3. The Bertz CT molecular complexity index is 552. The van der Waals surface area contributed by atoms with Crippen LogP contribution in [-0.2, 0) is 28.6 Å². The first-order chi connectivity index (χ1) is 10.9. The summed E-state index contributed by atoms with van der Waals surface area (Å²) in [5.41, 5.74) is 0. The number of Topliss-reactive ketones (excluding diaryl/α,β-unsaturated/α-hetero) is 1. The van der Waals surface area contributed by atoms with Gasteiger partial charge in [-0.25, -0.2) is 4.79 Å². The molecule has 0 aromatic carbocycles. The third-order valence-corrected chi connectivity index (χ3v) is 3.97. The van der Waals surface area contributed by atoms with Crippen LogP contribution in [0, 0.1) is 5.92 Å². The topological polar surface area (TPSA) is 88.1 Å². The van der Waals surface area contributed by atoms with Crippen molar-refractivity contribution >= 4 is 29.1 Å². The predicted molar refractivity (Wildman–Crippen MR) is 82.4 cm³/mol. The summed E-state index contributed by atoms with van der Waals surface area (Å²) in [7, 11) is 2.69. The van der Waals surface area contributed by atoms with Crippen LogP contribution < -0.4 is 4.74 Å². The molecule has 2 unspecified atom stereocenters. The van der Waals surface area contributed by atoms with Gasteiger partial charge in [-0.15, -0.1) is 11.3 Å². The number of carbonyl (C=O) groups excluding carboxylic acids is 3. The lowest BCUT2D eigenvalue weighted by molar-refractivity contribution is -0.162. The van der Waals surface area contributed by atoms with Crippen molar-refractivity contribution in [2.45, 2.75) is 20.0 Å². The van der Waals surface area contributed by atoms with Crippen molar-refractivity contribution < 1.29 is 33.3 Å². The lowest BCUT2D eigenvalue weighted by Gasteiger charge is -2.22. The second-order valence-corrected chi connectivity index (χ2v) is 5.48. The van der Waals surface area contributed by atoms with Crippen molar-refractivity contribution in [1.29, 1.82) is 0 Å². The Morgan fingerprint density at radius 1 is 1.26 bits per heavy atom. The second-order valence-electron chi connectivity index (χ2n) is 4.54. The molecule has 0 aliphatic carbocycles. The summed E-state index contributed by atoms with van der Waals surface area (Å²) < 4.78 is 20.1. The van der Waals surface area contributed by atoms with Crippen LogP contribution in [0.2, 0.25) is 0 Å². The van der Waals surface area contributed by atoms with Crippen LogP contribution >= 0.6 is 11.3 Å². The molecular formula is C15H20O7S. The maximum atomic E-state index is 11.9. The summed E-state index contributed by atoms with van der Waals surface area (Å²) in [5.74, 6) is -2.32. The Balaban J connectivity index is 3.05. The number of ketones is 1. The molecule has 0 N–H and O–H groups in total. The van der Waals surface area contributed by atoms with E-state index < -0.39 is 29.7 Å². The fourth-order valence-corrected chi connectivity index (χ4v) is 2.86. The number of ether oxygens (including phenoxy) is 4. The molecule has 1 aromatic rings. The zero-order valence-corrected chi connectivity index (χ0v) is 14.3. The second kappa shape index (κ2) is 9.26. The lowest BCUT2D eigenvalue weighted by Crippen LogP contribution is -2.32. The molecule has 8 heteroatoms. The average molecular weight is 344 g/mol. The Labute approximate surface area is 138 Å². The summed E-state index contributed by atoms with van der Waals surface area (Å²) >= 11 is 1.26. The van der Waals surface area contributed by atoms with Gasteiger partial charge in [0, 0.05) is 10.3 Å². The minimum Gasteiger partial charge on any atom is -0.496 e. The SMILES string of the molecule is CCOC(=O)COC(c1cc(OC)cs1)C(C(C)=O)C(=O)OC. The highest BCUT2D eigenvalue weighted by Gasteiger charge is 2.37. The number of hydrogen-bond acceptors (Lipinski definition) is 8. The molecular weight excluding hydrogens is 324 g/mol. The molecule has 2 atom stereocenters. The Kier molecular flexibility index (Phi) is 7.70. The lowest BCUT2D eigenvalue weighted by atomic mass is 9.97. The Morgan fingerprint density at radius 2 is 1.96 bits per heavy atom. The van der Waals surface area contributed by atoms with Crippen molar-refractivity contribution in [3.8, 4) is 5.75 Å². The molecule has 0 fully saturated rings. The highest BCUT2D eigenvalue weighted by atomic mass is 32.1. The molecule has 23 heavy (non-hydrogen) atoms. The first-order valence-corrected chi connectivity index (χ1v) is 7.80. The van der Waals surface area contributed by atoms with Crippen LogP contribution in [0.25, 0.3) is 0 Å². The number of hydrogen-bond donors (Lipinski definition) is 0. The molecule has 1 rings (SSSR count). The van der Waals surface area contributed by atoms with E-state index >= 15 is 0 Å². The van der Waals surface area contributed by atoms with Crippen LogP contribution in [0.3, 0.4) is 0 Å². The molecule has 0 radical (unpaired) electrons. The van der Waals surface area contributed by atoms with Gasteiger partial charge in [-0.2, -0.15) is 0 Å². The van der Waals surface area contributed by atoms with E-state index in [1.54, 1.807) is 18.4 Å². The number of carbonyl (C=O) groups is 3. The van der Waals surface area contributed by atoms with E-state index in [2.05, 4.69) is 4.74 Å². The van der Waals surface area contributed by atoms with Crippen molar-refractivity contribution in [2.24, 2.45) is 5.92 Å². The molecule has 7 nitrogen and oxygen atoms in total. The van der Waals surface area contributed by atoms with Gasteiger partial charge in [0.2, 0.25) is 0 Å².